The second kappa shape index (κ2) is 13.1. The molecule has 1 aromatic carbocycles. The first-order valence-electron chi connectivity index (χ1n) is 9.03. The minimum absolute atomic E-state index is 0.000890. The molecule has 14 nitrogen and oxygen atoms in total. The molecule has 0 bridgehead atoms. The van der Waals surface area contributed by atoms with Crippen LogP contribution in [0.5, 0.6) is 0 Å². The van der Waals surface area contributed by atoms with E-state index in [9.17, 15) is 34.4 Å². The van der Waals surface area contributed by atoms with Gasteiger partial charge in [-0.15, -0.1) is 0 Å². The molecular weight excluding hydrogens is 414 g/mol. The van der Waals surface area contributed by atoms with Gasteiger partial charge < -0.3 is 32.1 Å². The van der Waals surface area contributed by atoms with Gasteiger partial charge >= 0.3 is 5.97 Å². The molecule has 168 valence electrons. The summed E-state index contributed by atoms with van der Waals surface area (Å²) in [5.74, 6) is -3.54. The zero-order valence-electron chi connectivity index (χ0n) is 16.4. The van der Waals surface area contributed by atoms with Crippen molar-refractivity contribution in [2.45, 2.75) is 18.9 Å². The van der Waals surface area contributed by atoms with Crippen LogP contribution in [-0.4, -0.2) is 65.5 Å². The number of carbonyl (C=O) groups is 4. The Hall–Kier alpha value is -4.23. The van der Waals surface area contributed by atoms with Crippen LogP contribution in [0.1, 0.15) is 23.2 Å². The highest BCUT2D eigenvalue weighted by atomic mass is 16.7. The second-order valence-corrected chi connectivity index (χ2v) is 6.08. The lowest BCUT2D eigenvalue weighted by Crippen LogP contribution is -2.47. The summed E-state index contributed by atoms with van der Waals surface area (Å²) in [6, 6.07) is 6.99. The standard InChI is InChI=1S/C17H23N7O7/c18-17(23-24(30)31)19-8-4-7-12(16(28)29)22-14(26)10-20-13(25)9-21-15(27)11-5-2-1-3-6-11/h1-3,5-6,12H,4,7-10H2,(H,20,25)(H,21,27)(H,22,26)(H,28,29)(H3,18,19,23). The largest absolute Gasteiger partial charge is 0.480 e. The molecule has 31 heavy (non-hydrogen) atoms. The molecule has 0 aliphatic heterocycles. The number of amides is 3. The number of hydrazone groups is 1. The van der Waals surface area contributed by atoms with E-state index < -0.39 is 47.3 Å². The molecule has 7 N–H and O–H groups in total. The average molecular weight is 437 g/mol. The zero-order chi connectivity index (χ0) is 23.2. The number of aliphatic carboxylic acids is 1. The molecule has 1 rings (SSSR count). The lowest BCUT2D eigenvalue weighted by Gasteiger charge is -2.15. The summed E-state index contributed by atoms with van der Waals surface area (Å²) in [4.78, 5) is 56.9. The highest BCUT2D eigenvalue weighted by Gasteiger charge is 2.20. The number of guanidine groups is 1. The molecule has 0 saturated carbocycles. The molecule has 0 fully saturated rings. The number of hydrogen-bond donors (Lipinski definition) is 6. The quantitative estimate of drug-likeness (QED) is 0.0697. The summed E-state index contributed by atoms with van der Waals surface area (Å²) in [7, 11) is 0. The van der Waals surface area contributed by atoms with Crippen LogP contribution in [0.15, 0.2) is 35.4 Å². The molecule has 1 aromatic rings. The molecule has 1 atom stereocenters. The number of carboxylic acid groups (broad SMARTS) is 1. The van der Waals surface area contributed by atoms with Gasteiger partial charge in [-0.2, -0.15) is 0 Å². The Balaban J connectivity index is 2.32. The van der Waals surface area contributed by atoms with Crippen molar-refractivity contribution >= 4 is 29.7 Å². The average Bonchev–Trinajstić information content (AvgIpc) is 2.72. The molecule has 14 heteroatoms. The minimum Gasteiger partial charge on any atom is -0.480 e. The van der Waals surface area contributed by atoms with E-state index in [-0.39, 0.29) is 25.9 Å². The third-order valence-electron chi connectivity index (χ3n) is 3.69. The van der Waals surface area contributed by atoms with Gasteiger partial charge in [0.1, 0.15) is 11.1 Å². The van der Waals surface area contributed by atoms with Crippen LogP contribution in [0, 0.1) is 10.1 Å². The van der Waals surface area contributed by atoms with Crippen LogP contribution >= 0.6 is 0 Å². The molecule has 0 saturated heterocycles. The summed E-state index contributed by atoms with van der Waals surface area (Å²) < 4.78 is 0. The molecule has 0 spiro atoms. The molecule has 0 aliphatic carbocycles. The van der Waals surface area contributed by atoms with Crippen molar-refractivity contribution < 1.29 is 29.3 Å². The fourth-order valence-electron chi connectivity index (χ4n) is 2.24. The van der Waals surface area contributed by atoms with Gasteiger partial charge in [-0.25, -0.2) is 14.9 Å². The van der Waals surface area contributed by atoms with Gasteiger partial charge in [0.05, 0.1) is 13.1 Å². The Kier molecular flexibility index (Phi) is 10.5. The van der Waals surface area contributed by atoms with Crippen molar-refractivity contribution in [3.8, 4) is 0 Å². The molecule has 1 unspecified atom stereocenters. The van der Waals surface area contributed by atoms with Gasteiger partial charge in [0.25, 0.3) is 11.9 Å². The van der Waals surface area contributed by atoms with Crippen molar-refractivity contribution in [2.75, 3.05) is 19.6 Å². The number of carboxylic acids is 1. The Labute approximate surface area is 176 Å². The van der Waals surface area contributed by atoms with Crippen LogP contribution in [-0.2, 0) is 14.4 Å². The second-order valence-electron chi connectivity index (χ2n) is 6.08. The lowest BCUT2D eigenvalue weighted by molar-refractivity contribution is -0.485. The summed E-state index contributed by atoms with van der Waals surface area (Å²) in [6.07, 6.45) is 0.212. The number of nitrogens with zero attached hydrogens (tertiary/aromatic N) is 2. The number of hydrogen-bond acceptors (Lipinski definition) is 6. The number of nitro groups is 1. The van der Waals surface area contributed by atoms with E-state index in [2.05, 4.69) is 26.4 Å². The van der Waals surface area contributed by atoms with E-state index in [1.807, 2.05) is 0 Å². The summed E-state index contributed by atoms with van der Waals surface area (Å²) >= 11 is 0. The number of nitrogens with one attached hydrogen (secondary N) is 4. The van der Waals surface area contributed by atoms with Crippen molar-refractivity contribution in [2.24, 2.45) is 10.8 Å². The van der Waals surface area contributed by atoms with Gasteiger partial charge in [-0.3, -0.25) is 14.4 Å². The van der Waals surface area contributed by atoms with Crippen molar-refractivity contribution in [1.29, 1.82) is 0 Å². The van der Waals surface area contributed by atoms with Crippen LogP contribution in [0.4, 0.5) is 0 Å². The maximum Gasteiger partial charge on any atom is 0.326 e. The first-order valence-corrected chi connectivity index (χ1v) is 9.03. The van der Waals surface area contributed by atoms with Crippen LogP contribution < -0.4 is 27.0 Å². The van der Waals surface area contributed by atoms with Crippen molar-refractivity contribution in [3.63, 3.8) is 0 Å². The third kappa shape index (κ3) is 10.8. The van der Waals surface area contributed by atoms with E-state index in [0.29, 0.717) is 5.56 Å². The fraction of sp³-hybridized carbons (Fsp3) is 0.353. The molecule has 0 aromatic heterocycles. The van der Waals surface area contributed by atoms with Gasteiger partial charge in [0.15, 0.2) is 5.03 Å². The topological polar surface area (TPSA) is 218 Å². The van der Waals surface area contributed by atoms with Gasteiger partial charge in [0, 0.05) is 12.1 Å². The lowest BCUT2D eigenvalue weighted by atomic mass is 10.1. The van der Waals surface area contributed by atoms with E-state index in [0.717, 1.165) is 0 Å². The summed E-state index contributed by atoms with van der Waals surface area (Å²) in [5, 5.41) is 30.5. The smallest absolute Gasteiger partial charge is 0.326 e. The predicted molar refractivity (Wildman–Crippen MR) is 107 cm³/mol. The summed E-state index contributed by atoms with van der Waals surface area (Å²) in [6.45, 7) is -0.743. The SMILES string of the molecule is N/C(=N/[N+](=O)[O-])NCCCC(NC(=O)CNC(=O)CNC(=O)c1ccccc1)C(=O)O. The normalized spacial score (nSPS) is 11.7. The minimum atomic E-state index is -1.29. The predicted octanol–water partition coefficient (Wildman–Crippen LogP) is -2.02. The van der Waals surface area contributed by atoms with Crippen LogP contribution in [0.25, 0.3) is 0 Å². The Morgan fingerprint density at radius 2 is 1.71 bits per heavy atom. The summed E-state index contributed by atoms with van der Waals surface area (Å²) in [5.41, 5.74) is 5.59. The Morgan fingerprint density at radius 1 is 1.06 bits per heavy atom. The Bertz CT molecular complexity index is 829. The maximum absolute atomic E-state index is 11.9. The molecule has 0 heterocycles. The highest BCUT2D eigenvalue weighted by molar-refractivity contribution is 5.96. The fourth-order valence-corrected chi connectivity index (χ4v) is 2.24. The number of rotatable bonds is 12. The van der Waals surface area contributed by atoms with Gasteiger partial charge in [-0.1, -0.05) is 18.2 Å². The number of benzene rings is 1. The third-order valence-corrected chi connectivity index (χ3v) is 3.69. The number of nitrogens with two attached hydrogens (primary N) is 1. The van der Waals surface area contributed by atoms with Crippen molar-refractivity contribution in [1.82, 2.24) is 21.3 Å². The first kappa shape index (κ1) is 24.8. The maximum atomic E-state index is 11.9. The van der Waals surface area contributed by atoms with E-state index in [1.165, 1.54) is 0 Å². The van der Waals surface area contributed by atoms with E-state index in [1.54, 1.807) is 30.3 Å². The number of carbonyl (C=O) groups excluding carboxylic acids is 3. The monoisotopic (exact) mass is 437 g/mol. The van der Waals surface area contributed by atoms with Gasteiger partial charge in [-0.05, 0) is 25.0 Å². The Morgan fingerprint density at radius 3 is 2.32 bits per heavy atom. The van der Waals surface area contributed by atoms with Crippen LogP contribution in [0.3, 0.4) is 0 Å². The molecular formula is C17H23N7O7. The highest BCUT2D eigenvalue weighted by Crippen LogP contribution is 1.98. The van der Waals surface area contributed by atoms with Gasteiger partial charge in [0.2, 0.25) is 11.8 Å². The molecule has 3 amide bonds. The molecule has 0 aliphatic rings. The zero-order valence-corrected chi connectivity index (χ0v) is 16.4. The van der Waals surface area contributed by atoms with E-state index >= 15 is 0 Å². The van der Waals surface area contributed by atoms with Crippen LogP contribution in [0.2, 0.25) is 0 Å². The molecule has 0 radical (unpaired) electrons. The first-order chi connectivity index (χ1) is 14.7. The van der Waals surface area contributed by atoms with Crippen molar-refractivity contribution in [3.05, 3.63) is 46.0 Å². The van der Waals surface area contributed by atoms with E-state index in [4.69, 9.17) is 5.73 Å².